The molecule has 2 aromatic rings. The normalized spacial score (nSPS) is 13.5. The minimum atomic E-state index is -0.480. The topological polar surface area (TPSA) is 85.1 Å². The third-order valence-electron chi connectivity index (χ3n) is 3.65. The summed E-state index contributed by atoms with van der Waals surface area (Å²) in [5.74, 6) is -0.108. The molecule has 1 N–H and O–H groups in total. The Morgan fingerprint density at radius 1 is 1.27 bits per heavy atom. The van der Waals surface area contributed by atoms with Crippen molar-refractivity contribution in [1.29, 1.82) is 0 Å². The number of rotatable bonds is 5. The molecule has 1 aliphatic rings. The fraction of sp³-hybridized carbons (Fsp3) is 0.333. The number of fused-ring (bicyclic) bond motifs is 1. The second-order valence-corrected chi connectivity index (χ2v) is 6.26. The number of aryl methyl sites for hydroxylation is 2. The summed E-state index contributed by atoms with van der Waals surface area (Å²) in [6.07, 6.45) is 4.48. The molecule has 0 saturated heterocycles. The van der Waals surface area contributed by atoms with Gasteiger partial charge >= 0.3 is 0 Å². The minimum Gasteiger partial charge on any atom is -0.354 e. The Morgan fingerprint density at radius 2 is 2.00 bits per heavy atom. The first-order valence-corrected chi connectivity index (χ1v) is 7.95. The number of anilines is 1. The predicted molar refractivity (Wildman–Crippen MR) is 84.7 cm³/mol. The van der Waals surface area contributed by atoms with E-state index < -0.39 is 4.92 Å². The summed E-state index contributed by atoms with van der Waals surface area (Å²) >= 11 is 1.62. The molecule has 3 rings (SSSR count). The quantitative estimate of drug-likeness (QED) is 0.520. The average molecular weight is 317 g/mol. The molecule has 7 heteroatoms. The largest absolute Gasteiger partial charge is 0.354 e. The van der Waals surface area contributed by atoms with Crippen LogP contribution in [0.2, 0.25) is 0 Å². The molecule has 0 bridgehead atoms. The molecule has 6 nitrogen and oxygen atoms in total. The van der Waals surface area contributed by atoms with Gasteiger partial charge < -0.3 is 5.32 Å². The summed E-state index contributed by atoms with van der Waals surface area (Å²) in [4.78, 5) is 28.0. The number of nitrogens with one attached hydrogen (secondary N) is 1. The van der Waals surface area contributed by atoms with Crippen LogP contribution in [0.1, 0.15) is 33.8 Å². The zero-order valence-electron chi connectivity index (χ0n) is 11.9. The van der Waals surface area contributed by atoms with Crippen molar-refractivity contribution in [3.63, 3.8) is 0 Å². The fourth-order valence-corrected chi connectivity index (χ4v) is 3.50. The molecule has 0 amide bonds. The van der Waals surface area contributed by atoms with Crippen molar-refractivity contribution in [3.8, 4) is 0 Å². The van der Waals surface area contributed by atoms with Gasteiger partial charge in [0.2, 0.25) is 0 Å². The van der Waals surface area contributed by atoms with Crippen molar-refractivity contribution in [2.75, 3.05) is 11.9 Å². The number of carbonyl (C=O) groups excluding carboxylic acids is 1. The zero-order chi connectivity index (χ0) is 15.5. The van der Waals surface area contributed by atoms with Crippen molar-refractivity contribution in [3.05, 3.63) is 50.5 Å². The third kappa shape index (κ3) is 3.14. The second kappa shape index (κ2) is 6.23. The Morgan fingerprint density at radius 3 is 2.68 bits per heavy atom. The van der Waals surface area contributed by atoms with Gasteiger partial charge in [-0.2, -0.15) is 0 Å². The van der Waals surface area contributed by atoms with Gasteiger partial charge in [0.05, 0.1) is 17.2 Å². The van der Waals surface area contributed by atoms with E-state index in [1.165, 1.54) is 42.0 Å². The van der Waals surface area contributed by atoms with Gasteiger partial charge in [0, 0.05) is 22.6 Å². The van der Waals surface area contributed by atoms with E-state index in [-0.39, 0.29) is 18.0 Å². The van der Waals surface area contributed by atoms with Gasteiger partial charge in [-0.3, -0.25) is 14.9 Å². The molecule has 0 saturated carbocycles. The second-order valence-electron chi connectivity index (χ2n) is 5.18. The Kier molecular flexibility index (Phi) is 4.15. The minimum absolute atomic E-state index is 0.0166. The van der Waals surface area contributed by atoms with E-state index in [9.17, 15) is 14.9 Å². The molecule has 114 valence electrons. The van der Waals surface area contributed by atoms with Crippen molar-refractivity contribution >= 4 is 27.9 Å². The van der Waals surface area contributed by atoms with Gasteiger partial charge in [-0.15, -0.1) is 11.3 Å². The number of Topliss-reactive ketones (excluding diaryl/α,β-unsaturated/α-hetero) is 1. The predicted octanol–water partition coefficient (Wildman–Crippen LogP) is 3.22. The van der Waals surface area contributed by atoms with Gasteiger partial charge in [0.1, 0.15) is 0 Å². The maximum Gasteiger partial charge on any atom is 0.269 e. The van der Waals surface area contributed by atoms with E-state index in [1.54, 1.807) is 11.3 Å². The molecule has 0 unspecified atom stereocenters. The zero-order valence-corrected chi connectivity index (χ0v) is 12.7. The Labute approximate surface area is 131 Å². The smallest absolute Gasteiger partial charge is 0.269 e. The molecule has 0 atom stereocenters. The number of non-ortho nitro benzene ring substituents is 1. The standard InChI is InChI=1S/C15H15N3O3S/c19-13(10-5-7-11(8-6-10)18(20)21)9-16-15-17-12-3-1-2-4-14(12)22-15/h5-8H,1-4,9H2,(H,16,17). The molecule has 22 heavy (non-hydrogen) atoms. The Balaban J connectivity index is 1.62. The van der Waals surface area contributed by atoms with E-state index in [2.05, 4.69) is 10.3 Å². The summed E-state index contributed by atoms with van der Waals surface area (Å²) in [7, 11) is 0. The number of aromatic nitrogens is 1. The van der Waals surface area contributed by atoms with Crippen LogP contribution in [0.25, 0.3) is 0 Å². The maximum atomic E-state index is 12.1. The van der Waals surface area contributed by atoms with E-state index in [0.717, 1.165) is 23.7 Å². The molecular formula is C15H15N3O3S. The number of benzene rings is 1. The lowest BCUT2D eigenvalue weighted by molar-refractivity contribution is -0.384. The van der Waals surface area contributed by atoms with E-state index in [0.29, 0.717) is 5.56 Å². The van der Waals surface area contributed by atoms with Gasteiger partial charge in [0.25, 0.3) is 5.69 Å². The number of hydrogen-bond acceptors (Lipinski definition) is 6. The fourth-order valence-electron chi connectivity index (χ4n) is 2.45. The highest BCUT2D eigenvalue weighted by molar-refractivity contribution is 7.15. The number of ketones is 1. The molecule has 0 fully saturated rings. The van der Waals surface area contributed by atoms with E-state index in [4.69, 9.17) is 0 Å². The van der Waals surface area contributed by atoms with Crippen LogP contribution in [0.3, 0.4) is 0 Å². The Hall–Kier alpha value is -2.28. The number of nitrogens with zero attached hydrogens (tertiary/aromatic N) is 2. The van der Waals surface area contributed by atoms with Crippen LogP contribution in [-0.2, 0) is 12.8 Å². The summed E-state index contributed by atoms with van der Waals surface area (Å²) in [5.41, 5.74) is 1.60. The summed E-state index contributed by atoms with van der Waals surface area (Å²) < 4.78 is 0. The first-order valence-electron chi connectivity index (χ1n) is 7.13. The van der Waals surface area contributed by atoms with Crippen molar-refractivity contribution in [2.45, 2.75) is 25.7 Å². The number of thiazole rings is 1. The lowest BCUT2D eigenvalue weighted by atomic mass is 10.0. The van der Waals surface area contributed by atoms with Crippen LogP contribution in [0, 0.1) is 10.1 Å². The van der Waals surface area contributed by atoms with Gasteiger partial charge in [-0.25, -0.2) is 4.98 Å². The van der Waals surface area contributed by atoms with Gasteiger partial charge in [0.15, 0.2) is 10.9 Å². The lowest BCUT2D eigenvalue weighted by Crippen LogP contribution is -2.13. The highest BCUT2D eigenvalue weighted by Gasteiger charge is 2.16. The molecule has 0 spiro atoms. The molecular weight excluding hydrogens is 302 g/mol. The molecule has 0 aliphatic heterocycles. The average Bonchev–Trinajstić information content (AvgIpc) is 2.95. The highest BCUT2D eigenvalue weighted by Crippen LogP contribution is 2.29. The van der Waals surface area contributed by atoms with Crippen molar-refractivity contribution < 1.29 is 9.72 Å². The highest BCUT2D eigenvalue weighted by atomic mass is 32.1. The van der Waals surface area contributed by atoms with Gasteiger partial charge in [-0.1, -0.05) is 0 Å². The van der Waals surface area contributed by atoms with Crippen LogP contribution >= 0.6 is 11.3 Å². The molecule has 1 aromatic heterocycles. The first kappa shape index (κ1) is 14.6. The summed E-state index contributed by atoms with van der Waals surface area (Å²) in [6.45, 7) is 0.143. The van der Waals surface area contributed by atoms with E-state index >= 15 is 0 Å². The molecule has 1 aliphatic carbocycles. The molecule has 1 aromatic carbocycles. The van der Waals surface area contributed by atoms with Crippen LogP contribution in [0.5, 0.6) is 0 Å². The Bertz CT molecular complexity index is 686. The van der Waals surface area contributed by atoms with Crippen molar-refractivity contribution in [1.82, 2.24) is 4.98 Å². The monoisotopic (exact) mass is 317 g/mol. The van der Waals surface area contributed by atoms with Crippen LogP contribution < -0.4 is 5.32 Å². The number of hydrogen-bond donors (Lipinski definition) is 1. The molecule has 0 radical (unpaired) electrons. The van der Waals surface area contributed by atoms with Crippen LogP contribution in [0.15, 0.2) is 24.3 Å². The van der Waals surface area contributed by atoms with Crippen LogP contribution in [0.4, 0.5) is 10.8 Å². The maximum absolute atomic E-state index is 12.1. The van der Waals surface area contributed by atoms with E-state index in [1.807, 2.05) is 0 Å². The van der Waals surface area contributed by atoms with Crippen molar-refractivity contribution in [2.24, 2.45) is 0 Å². The van der Waals surface area contributed by atoms with Crippen LogP contribution in [-0.4, -0.2) is 22.2 Å². The first-order chi connectivity index (χ1) is 10.6. The lowest BCUT2D eigenvalue weighted by Gasteiger charge is -2.06. The summed E-state index contributed by atoms with van der Waals surface area (Å²) in [5, 5.41) is 14.4. The van der Waals surface area contributed by atoms with Gasteiger partial charge in [-0.05, 0) is 37.8 Å². The molecule has 1 heterocycles. The number of carbonyl (C=O) groups is 1. The third-order valence-corrected chi connectivity index (χ3v) is 4.76. The summed E-state index contributed by atoms with van der Waals surface area (Å²) in [6, 6.07) is 5.65. The number of nitro groups is 1. The SMILES string of the molecule is O=C(CNc1nc2c(s1)CCCC2)c1ccc([N+](=O)[O-])cc1. The number of nitro benzene ring substituents is 1.